The average Bonchev–Trinajstić information content (AvgIpc) is 3.23. The highest BCUT2D eigenvalue weighted by Gasteiger charge is 2.27. The molecule has 0 saturated heterocycles. The second-order valence-electron chi connectivity index (χ2n) is 8.40. The molecular formula is C22H30N4O5S2. The number of thiazole rings is 1. The number of carbonyl (C=O) groups excluding carboxylic acids is 1. The molecule has 1 heterocycles. The number of nitrogens with zero attached hydrogens (tertiary/aromatic N) is 1. The molecule has 1 aliphatic carbocycles. The van der Waals surface area contributed by atoms with Gasteiger partial charge in [0.25, 0.3) is 5.91 Å². The molecule has 4 N–H and O–H groups in total. The van der Waals surface area contributed by atoms with Gasteiger partial charge in [0.2, 0.25) is 10.0 Å². The van der Waals surface area contributed by atoms with Crippen molar-refractivity contribution in [2.75, 3.05) is 6.54 Å². The zero-order valence-electron chi connectivity index (χ0n) is 18.9. The van der Waals surface area contributed by atoms with E-state index in [1.807, 2.05) is 13.8 Å². The molecule has 0 bridgehead atoms. The SMILES string of the molecule is CCNS(=O)(=O)c1cc(C(=O)NC(C)C)ccc1-c1cnc(C2CCC(NC(=O)O)CC2)s1. The summed E-state index contributed by atoms with van der Waals surface area (Å²) in [5.41, 5.74) is 0.778. The molecule has 1 aliphatic rings. The second kappa shape index (κ2) is 10.6. The number of aromatic nitrogens is 1. The fourth-order valence-corrected chi connectivity index (χ4v) is 6.44. The van der Waals surface area contributed by atoms with Gasteiger partial charge in [0.1, 0.15) is 0 Å². The summed E-state index contributed by atoms with van der Waals surface area (Å²) < 4.78 is 28.4. The van der Waals surface area contributed by atoms with Crippen LogP contribution in [-0.4, -0.2) is 49.1 Å². The van der Waals surface area contributed by atoms with Crippen LogP contribution in [0.5, 0.6) is 0 Å². The largest absolute Gasteiger partial charge is 0.465 e. The van der Waals surface area contributed by atoms with Crippen LogP contribution in [0.4, 0.5) is 4.79 Å². The van der Waals surface area contributed by atoms with Gasteiger partial charge in [-0.15, -0.1) is 11.3 Å². The minimum absolute atomic E-state index is 0.0421. The van der Waals surface area contributed by atoms with Gasteiger partial charge in [-0.25, -0.2) is 22.9 Å². The first-order chi connectivity index (χ1) is 15.6. The summed E-state index contributed by atoms with van der Waals surface area (Å²) in [4.78, 5) is 28.6. The van der Waals surface area contributed by atoms with E-state index in [0.717, 1.165) is 30.7 Å². The maximum atomic E-state index is 12.9. The van der Waals surface area contributed by atoms with Crippen molar-refractivity contribution in [2.24, 2.45) is 0 Å². The van der Waals surface area contributed by atoms with Gasteiger partial charge in [-0.05, 0) is 51.7 Å². The minimum Gasteiger partial charge on any atom is -0.465 e. The molecule has 9 nitrogen and oxygen atoms in total. The Kier molecular flexibility index (Phi) is 8.09. The molecular weight excluding hydrogens is 464 g/mol. The number of amides is 2. The molecule has 2 amide bonds. The second-order valence-corrected chi connectivity index (χ2v) is 11.2. The van der Waals surface area contributed by atoms with E-state index in [-0.39, 0.29) is 40.9 Å². The number of nitrogens with one attached hydrogen (secondary N) is 3. The van der Waals surface area contributed by atoms with Gasteiger partial charge in [-0.3, -0.25) is 4.79 Å². The van der Waals surface area contributed by atoms with Gasteiger partial charge < -0.3 is 15.7 Å². The third kappa shape index (κ3) is 6.30. The number of carbonyl (C=O) groups is 2. The number of hydrogen-bond acceptors (Lipinski definition) is 6. The Balaban J connectivity index is 1.89. The highest BCUT2D eigenvalue weighted by Crippen LogP contribution is 2.39. The lowest BCUT2D eigenvalue weighted by atomic mass is 9.86. The Bertz CT molecular complexity index is 1110. The van der Waals surface area contributed by atoms with Crippen LogP contribution in [0.1, 0.15) is 67.7 Å². The van der Waals surface area contributed by atoms with Gasteiger partial charge in [-0.1, -0.05) is 13.0 Å². The first-order valence-electron chi connectivity index (χ1n) is 11.0. The predicted molar refractivity (Wildman–Crippen MR) is 127 cm³/mol. The Hall–Kier alpha value is -2.50. The molecule has 1 aromatic heterocycles. The van der Waals surface area contributed by atoms with Crippen molar-refractivity contribution in [3.05, 3.63) is 35.0 Å². The van der Waals surface area contributed by atoms with Crippen molar-refractivity contribution >= 4 is 33.4 Å². The van der Waals surface area contributed by atoms with Gasteiger partial charge in [0.05, 0.1) is 14.8 Å². The van der Waals surface area contributed by atoms with E-state index in [2.05, 4.69) is 20.3 Å². The molecule has 2 aromatic rings. The van der Waals surface area contributed by atoms with Crippen LogP contribution in [0.15, 0.2) is 29.3 Å². The van der Waals surface area contributed by atoms with Crippen LogP contribution in [-0.2, 0) is 10.0 Å². The van der Waals surface area contributed by atoms with E-state index in [1.54, 1.807) is 25.3 Å². The molecule has 33 heavy (non-hydrogen) atoms. The molecule has 0 unspecified atom stereocenters. The summed E-state index contributed by atoms with van der Waals surface area (Å²) in [5, 5.41) is 15.1. The fourth-order valence-electron chi connectivity index (χ4n) is 3.96. The van der Waals surface area contributed by atoms with Gasteiger partial charge >= 0.3 is 6.09 Å². The summed E-state index contributed by atoms with van der Waals surface area (Å²) in [7, 11) is -3.82. The summed E-state index contributed by atoms with van der Waals surface area (Å²) in [6.07, 6.45) is 3.78. The summed E-state index contributed by atoms with van der Waals surface area (Å²) in [5.74, 6) is -0.123. The van der Waals surface area contributed by atoms with Gasteiger partial charge in [-0.2, -0.15) is 0 Å². The van der Waals surface area contributed by atoms with Crippen molar-refractivity contribution in [3.63, 3.8) is 0 Å². The third-order valence-electron chi connectivity index (χ3n) is 5.48. The Morgan fingerprint density at radius 2 is 1.91 bits per heavy atom. The molecule has 180 valence electrons. The van der Waals surface area contributed by atoms with Crippen molar-refractivity contribution < 1.29 is 23.1 Å². The minimum atomic E-state index is -3.82. The fraction of sp³-hybridized carbons (Fsp3) is 0.500. The highest BCUT2D eigenvalue weighted by atomic mass is 32.2. The highest BCUT2D eigenvalue weighted by molar-refractivity contribution is 7.89. The molecule has 11 heteroatoms. The summed E-state index contributed by atoms with van der Waals surface area (Å²) in [6.45, 7) is 5.61. The summed E-state index contributed by atoms with van der Waals surface area (Å²) in [6, 6.07) is 4.58. The van der Waals surface area contributed by atoms with E-state index in [0.29, 0.717) is 10.4 Å². The van der Waals surface area contributed by atoms with E-state index >= 15 is 0 Å². The maximum absolute atomic E-state index is 12.9. The van der Waals surface area contributed by atoms with Crippen LogP contribution < -0.4 is 15.4 Å². The lowest BCUT2D eigenvalue weighted by Crippen LogP contribution is -2.36. The van der Waals surface area contributed by atoms with Crippen LogP contribution >= 0.6 is 11.3 Å². The monoisotopic (exact) mass is 494 g/mol. The molecule has 0 atom stereocenters. The van der Waals surface area contributed by atoms with E-state index < -0.39 is 16.1 Å². The molecule has 0 aliphatic heterocycles. The van der Waals surface area contributed by atoms with E-state index in [4.69, 9.17) is 5.11 Å². The molecule has 0 spiro atoms. The van der Waals surface area contributed by atoms with Crippen LogP contribution in [0.3, 0.4) is 0 Å². The predicted octanol–water partition coefficient (Wildman–Crippen LogP) is 3.54. The van der Waals surface area contributed by atoms with Crippen molar-refractivity contribution in [2.45, 2.75) is 69.4 Å². The standard InChI is InChI=1S/C22H30N4O5S2/c1-4-24-33(30,31)19-11-15(20(27)25-13(2)3)7-10-17(19)18-12-23-21(32-18)14-5-8-16(9-6-14)26-22(28)29/h7,10-14,16,24,26H,4-6,8-9H2,1-3H3,(H,25,27)(H,28,29). The number of sulfonamides is 1. The molecule has 1 aromatic carbocycles. The molecule has 1 saturated carbocycles. The van der Waals surface area contributed by atoms with Crippen LogP contribution in [0, 0.1) is 0 Å². The lowest BCUT2D eigenvalue weighted by Gasteiger charge is -2.27. The van der Waals surface area contributed by atoms with Crippen molar-refractivity contribution in [1.29, 1.82) is 0 Å². The van der Waals surface area contributed by atoms with Crippen LogP contribution in [0.2, 0.25) is 0 Å². The number of rotatable bonds is 8. The quantitative estimate of drug-likeness (QED) is 0.443. The third-order valence-corrected chi connectivity index (χ3v) is 8.26. The Morgan fingerprint density at radius 1 is 1.21 bits per heavy atom. The zero-order valence-corrected chi connectivity index (χ0v) is 20.6. The van der Waals surface area contributed by atoms with Gasteiger partial charge in [0, 0.05) is 41.9 Å². The molecule has 1 fully saturated rings. The smallest absolute Gasteiger partial charge is 0.404 e. The number of carboxylic acid groups (broad SMARTS) is 1. The normalized spacial score (nSPS) is 18.8. The number of hydrogen-bond donors (Lipinski definition) is 4. The van der Waals surface area contributed by atoms with Gasteiger partial charge in [0.15, 0.2) is 0 Å². The zero-order chi connectivity index (χ0) is 24.2. The van der Waals surface area contributed by atoms with E-state index in [9.17, 15) is 18.0 Å². The summed E-state index contributed by atoms with van der Waals surface area (Å²) >= 11 is 1.44. The van der Waals surface area contributed by atoms with Crippen LogP contribution in [0.25, 0.3) is 10.4 Å². The van der Waals surface area contributed by atoms with Crippen molar-refractivity contribution in [3.8, 4) is 10.4 Å². The maximum Gasteiger partial charge on any atom is 0.404 e. The lowest BCUT2D eigenvalue weighted by molar-refractivity contribution is 0.0943. The Morgan fingerprint density at radius 3 is 2.52 bits per heavy atom. The first-order valence-corrected chi connectivity index (χ1v) is 13.3. The molecule has 0 radical (unpaired) electrons. The Labute approximate surface area is 198 Å². The van der Waals surface area contributed by atoms with Crippen molar-refractivity contribution in [1.82, 2.24) is 20.3 Å². The number of benzene rings is 1. The topological polar surface area (TPSA) is 137 Å². The van der Waals surface area contributed by atoms with E-state index in [1.165, 1.54) is 17.4 Å². The molecule has 3 rings (SSSR count). The first kappa shape index (κ1) is 25.1. The average molecular weight is 495 g/mol.